The molecule has 1 saturated carbocycles. The molecule has 156 valence electrons. The van der Waals surface area contributed by atoms with Crippen LogP contribution in [0.15, 0.2) is 54.7 Å². The van der Waals surface area contributed by atoms with Gasteiger partial charge in [-0.3, -0.25) is 0 Å². The third-order valence-electron chi connectivity index (χ3n) is 5.85. The SMILES string of the molecule is CN1c2cc(-c3cc(Oc4ccnc(N)c4)ccc3C#N)ccc2N(CC2CC2)C1O. The fourth-order valence-electron chi connectivity index (χ4n) is 4.00. The Morgan fingerprint density at radius 1 is 1.13 bits per heavy atom. The number of ether oxygens (including phenoxy) is 1. The first-order chi connectivity index (χ1) is 15.0. The van der Waals surface area contributed by atoms with E-state index >= 15 is 0 Å². The molecule has 7 nitrogen and oxygen atoms in total. The number of rotatable bonds is 5. The van der Waals surface area contributed by atoms with Gasteiger partial charge in [0.05, 0.1) is 23.0 Å². The number of hydrogen-bond acceptors (Lipinski definition) is 7. The zero-order chi connectivity index (χ0) is 21.5. The lowest BCUT2D eigenvalue weighted by molar-refractivity contribution is 0.176. The molecule has 0 saturated heterocycles. The number of nitriles is 1. The number of benzene rings is 2. The number of aliphatic hydroxyl groups is 1. The van der Waals surface area contributed by atoms with Crippen LogP contribution in [-0.2, 0) is 0 Å². The molecule has 1 aromatic heterocycles. The Morgan fingerprint density at radius 3 is 2.68 bits per heavy atom. The van der Waals surface area contributed by atoms with Crippen molar-refractivity contribution in [1.29, 1.82) is 5.26 Å². The summed E-state index contributed by atoms with van der Waals surface area (Å²) in [5.74, 6) is 2.22. The number of anilines is 3. The number of nitrogen functional groups attached to an aromatic ring is 1. The van der Waals surface area contributed by atoms with Crippen molar-refractivity contribution in [2.45, 2.75) is 19.2 Å². The zero-order valence-electron chi connectivity index (χ0n) is 17.2. The van der Waals surface area contributed by atoms with E-state index in [0.717, 1.165) is 29.0 Å². The highest BCUT2D eigenvalue weighted by atomic mass is 16.5. The highest BCUT2D eigenvalue weighted by molar-refractivity contribution is 5.84. The van der Waals surface area contributed by atoms with Gasteiger partial charge < -0.3 is 25.4 Å². The van der Waals surface area contributed by atoms with Crippen LogP contribution in [-0.4, -0.2) is 30.0 Å². The molecule has 0 amide bonds. The van der Waals surface area contributed by atoms with E-state index in [1.54, 1.807) is 30.5 Å². The van der Waals surface area contributed by atoms with E-state index in [9.17, 15) is 10.4 Å². The molecule has 1 aliphatic heterocycles. The molecule has 5 rings (SSSR count). The van der Waals surface area contributed by atoms with Crippen molar-refractivity contribution in [3.05, 3.63) is 60.3 Å². The predicted octanol–water partition coefficient (Wildman–Crippen LogP) is 3.94. The molecule has 0 bridgehead atoms. The summed E-state index contributed by atoms with van der Waals surface area (Å²) in [7, 11) is 1.89. The number of aromatic nitrogens is 1. The molecule has 3 aromatic rings. The van der Waals surface area contributed by atoms with Crippen LogP contribution in [0, 0.1) is 17.2 Å². The molecule has 1 fully saturated rings. The average Bonchev–Trinajstić information content (AvgIpc) is 3.57. The summed E-state index contributed by atoms with van der Waals surface area (Å²) < 4.78 is 5.93. The Kier molecular flexibility index (Phi) is 4.64. The number of nitrogens with two attached hydrogens (primary N) is 1. The van der Waals surface area contributed by atoms with E-state index in [0.29, 0.717) is 28.8 Å². The second kappa shape index (κ2) is 7.49. The Bertz CT molecular complexity index is 1180. The van der Waals surface area contributed by atoms with Crippen LogP contribution < -0.4 is 20.3 Å². The molecule has 2 aromatic carbocycles. The van der Waals surface area contributed by atoms with Gasteiger partial charge in [0.25, 0.3) is 0 Å². The Morgan fingerprint density at radius 2 is 1.94 bits per heavy atom. The van der Waals surface area contributed by atoms with Crippen LogP contribution in [0.1, 0.15) is 18.4 Å². The van der Waals surface area contributed by atoms with Gasteiger partial charge in [-0.05, 0) is 60.7 Å². The summed E-state index contributed by atoms with van der Waals surface area (Å²) in [6, 6.07) is 17.1. The largest absolute Gasteiger partial charge is 0.457 e. The minimum absolute atomic E-state index is 0.377. The van der Waals surface area contributed by atoms with Crippen molar-refractivity contribution in [1.82, 2.24) is 4.98 Å². The predicted molar refractivity (Wildman–Crippen MR) is 120 cm³/mol. The van der Waals surface area contributed by atoms with E-state index in [-0.39, 0.29) is 0 Å². The van der Waals surface area contributed by atoms with Crippen LogP contribution in [0.3, 0.4) is 0 Å². The van der Waals surface area contributed by atoms with E-state index in [1.165, 1.54) is 12.8 Å². The molecule has 0 spiro atoms. The van der Waals surface area contributed by atoms with Crippen LogP contribution in [0.25, 0.3) is 11.1 Å². The van der Waals surface area contributed by atoms with Crippen molar-refractivity contribution < 1.29 is 9.84 Å². The lowest BCUT2D eigenvalue weighted by Crippen LogP contribution is -2.42. The lowest BCUT2D eigenvalue weighted by Gasteiger charge is -2.25. The Hall–Kier alpha value is -3.76. The molecule has 31 heavy (non-hydrogen) atoms. The lowest BCUT2D eigenvalue weighted by atomic mass is 9.99. The third kappa shape index (κ3) is 3.62. The van der Waals surface area contributed by atoms with Crippen molar-refractivity contribution >= 4 is 17.2 Å². The standard InChI is InChI=1S/C24H23N5O2/c1-28-22-10-16(5-7-21(22)29(24(28)30)14-15-2-3-15)20-11-18(6-4-17(20)13-25)31-19-8-9-27-23(26)12-19/h4-12,15,24,30H,2-3,14H2,1H3,(H2,26,27). The van der Waals surface area contributed by atoms with Gasteiger partial charge in [-0.15, -0.1) is 0 Å². The summed E-state index contributed by atoms with van der Waals surface area (Å²) in [5.41, 5.74) is 9.92. The maximum atomic E-state index is 10.7. The molecule has 1 atom stereocenters. The van der Waals surface area contributed by atoms with Gasteiger partial charge >= 0.3 is 0 Å². The van der Waals surface area contributed by atoms with E-state index in [1.807, 2.05) is 36.2 Å². The molecular weight excluding hydrogens is 390 g/mol. The number of fused-ring (bicyclic) bond motifs is 1. The maximum Gasteiger partial charge on any atom is 0.207 e. The molecule has 7 heteroatoms. The van der Waals surface area contributed by atoms with Crippen molar-refractivity contribution in [3.8, 4) is 28.7 Å². The smallest absolute Gasteiger partial charge is 0.207 e. The van der Waals surface area contributed by atoms with Gasteiger partial charge in [-0.1, -0.05) is 6.07 Å². The quantitative estimate of drug-likeness (QED) is 0.654. The fourth-order valence-corrected chi connectivity index (χ4v) is 4.00. The maximum absolute atomic E-state index is 10.7. The average molecular weight is 413 g/mol. The summed E-state index contributed by atoms with van der Waals surface area (Å²) in [4.78, 5) is 7.89. The zero-order valence-corrected chi connectivity index (χ0v) is 17.2. The topological polar surface area (TPSA) is 98.6 Å². The number of hydrogen-bond donors (Lipinski definition) is 2. The minimum Gasteiger partial charge on any atom is -0.457 e. The van der Waals surface area contributed by atoms with Gasteiger partial charge in [0, 0.05) is 31.4 Å². The highest BCUT2D eigenvalue weighted by Crippen LogP contribution is 2.43. The summed E-state index contributed by atoms with van der Waals surface area (Å²) in [5, 5.41) is 20.4. The first-order valence-corrected chi connectivity index (χ1v) is 10.3. The molecule has 2 heterocycles. The first-order valence-electron chi connectivity index (χ1n) is 10.3. The summed E-state index contributed by atoms with van der Waals surface area (Å²) in [6.45, 7) is 0.861. The second-order valence-electron chi connectivity index (χ2n) is 8.09. The van der Waals surface area contributed by atoms with E-state index in [2.05, 4.69) is 16.0 Å². The Labute approximate surface area is 180 Å². The van der Waals surface area contributed by atoms with Crippen LogP contribution in [0.5, 0.6) is 11.5 Å². The van der Waals surface area contributed by atoms with Crippen LogP contribution in [0.2, 0.25) is 0 Å². The first kappa shape index (κ1) is 19.2. The van der Waals surface area contributed by atoms with Gasteiger partial charge in [-0.2, -0.15) is 5.26 Å². The molecule has 1 unspecified atom stereocenters. The number of pyridine rings is 1. The molecule has 3 N–H and O–H groups in total. The van der Waals surface area contributed by atoms with Crippen LogP contribution in [0.4, 0.5) is 17.2 Å². The van der Waals surface area contributed by atoms with E-state index < -0.39 is 6.35 Å². The van der Waals surface area contributed by atoms with Gasteiger partial charge in [0.2, 0.25) is 6.35 Å². The Balaban J connectivity index is 1.50. The highest BCUT2D eigenvalue weighted by Gasteiger charge is 2.36. The fraction of sp³-hybridized carbons (Fsp3) is 0.250. The van der Waals surface area contributed by atoms with Crippen molar-refractivity contribution in [2.24, 2.45) is 5.92 Å². The van der Waals surface area contributed by atoms with Gasteiger partial charge in [0.15, 0.2) is 0 Å². The van der Waals surface area contributed by atoms with Crippen molar-refractivity contribution in [3.63, 3.8) is 0 Å². The van der Waals surface area contributed by atoms with Gasteiger partial charge in [0.1, 0.15) is 17.3 Å². The minimum atomic E-state index is -0.673. The normalized spacial score (nSPS) is 17.4. The molecule has 2 aliphatic rings. The summed E-state index contributed by atoms with van der Waals surface area (Å²) >= 11 is 0. The monoisotopic (exact) mass is 413 g/mol. The molecular formula is C24H23N5O2. The second-order valence-corrected chi connectivity index (χ2v) is 8.09. The number of nitrogens with zero attached hydrogens (tertiary/aromatic N) is 4. The van der Waals surface area contributed by atoms with Crippen molar-refractivity contribution in [2.75, 3.05) is 29.1 Å². The van der Waals surface area contributed by atoms with Gasteiger partial charge in [-0.25, -0.2) is 4.98 Å². The molecule has 0 radical (unpaired) electrons. The van der Waals surface area contributed by atoms with Crippen LogP contribution >= 0.6 is 0 Å². The molecule has 1 aliphatic carbocycles. The van der Waals surface area contributed by atoms with E-state index in [4.69, 9.17) is 10.5 Å². The number of aliphatic hydroxyl groups excluding tert-OH is 1. The summed E-state index contributed by atoms with van der Waals surface area (Å²) in [6.07, 6.45) is 3.36. The third-order valence-corrected chi connectivity index (χ3v) is 5.85.